The lowest BCUT2D eigenvalue weighted by atomic mass is 10.2. The van der Waals surface area contributed by atoms with Crippen molar-refractivity contribution in [2.75, 3.05) is 19.0 Å². The summed E-state index contributed by atoms with van der Waals surface area (Å²) in [6.07, 6.45) is 0. The summed E-state index contributed by atoms with van der Waals surface area (Å²) in [7, 11) is 0.392. The van der Waals surface area contributed by atoms with E-state index in [0.29, 0.717) is 5.02 Å². The van der Waals surface area contributed by atoms with Crippen molar-refractivity contribution in [3.63, 3.8) is 0 Å². The van der Waals surface area contributed by atoms with Gasteiger partial charge in [0.2, 0.25) is 10.0 Å². The second-order valence-electron chi connectivity index (χ2n) is 4.84. The van der Waals surface area contributed by atoms with Crippen LogP contribution in [0.25, 0.3) is 0 Å². The summed E-state index contributed by atoms with van der Waals surface area (Å²) in [5, 5.41) is 0.508. The van der Waals surface area contributed by atoms with Gasteiger partial charge in [-0.1, -0.05) is 23.7 Å². The highest BCUT2D eigenvalue weighted by molar-refractivity contribution is 7.89. The third kappa shape index (κ3) is 4.20. The summed E-state index contributed by atoms with van der Waals surface area (Å²) in [6.45, 7) is 0.249. The van der Waals surface area contributed by atoms with Crippen LogP contribution >= 0.6 is 11.6 Å². The number of sulfonamides is 1. The van der Waals surface area contributed by atoms with Crippen molar-refractivity contribution >= 4 is 27.3 Å². The Balaban J connectivity index is 2.06. The molecule has 0 atom stereocenters. The highest BCUT2D eigenvalue weighted by Crippen LogP contribution is 2.15. The highest BCUT2D eigenvalue weighted by Gasteiger charge is 2.13. The maximum atomic E-state index is 12.1. The molecule has 0 saturated carbocycles. The molecule has 0 heterocycles. The van der Waals surface area contributed by atoms with Gasteiger partial charge in [0, 0.05) is 31.4 Å². The molecule has 112 valence electrons. The SMILES string of the molecule is CN(C)c1ccc(CNS(=O)(=O)c2ccc(Cl)cc2)cc1. The molecule has 6 heteroatoms. The first kappa shape index (κ1) is 15.8. The van der Waals surface area contributed by atoms with Crippen LogP contribution in [0.4, 0.5) is 5.69 Å². The lowest BCUT2D eigenvalue weighted by molar-refractivity contribution is 0.581. The molecule has 2 aromatic rings. The van der Waals surface area contributed by atoms with Gasteiger partial charge in [-0.25, -0.2) is 13.1 Å². The Kier molecular flexibility index (Phi) is 4.88. The van der Waals surface area contributed by atoms with Crippen LogP contribution in [0.15, 0.2) is 53.4 Å². The lowest BCUT2D eigenvalue weighted by Crippen LogP contribution is -2.23. The summed E-state index contributed by atoms with van der Waals surface area (Å²) < 4.78 is 26.8. The fraction of sp³-hybridized carbons (Fsp3) is 0.200. The number of nitrogens with one attached hydrogen (secondary N) is 1. The molecule has 0 radical (unpaired) electrons. The Morgan fingerprint density at radius 1 is 1.00 bits per heavy atom. The number of anilines is 1. The third-order valence-electron chi connectivity index (χ3n) is 3.04. The smallest absolute Gasteiger partial charge is 0.240 e. The zero-order valence-corrected chi connectivity index (χ0v) is 13.4. The first-order valence-electron chi connectivity index (χ1n) is 6.40. The minimum Gasteiger partial charge on any atom is -0.378 e. The zero-order chi connectivity index (χ0) is 15.5. The van der Waals surface area contributed by atoms with Gasteiger partial charge in [0.15, 0.2) is 0 Å². The molecule has 2 rings (SSSR count). The number of hydrogen-bond donors (Lipinski definition) is 1. The second kappa shape index (κ2) is 6.47. The van der Waals surface area contributed by atoms with E-state index in [1.54, 1.807) is 12.1 Å². The quantitative estimate of drug-likeness (QED) is 0.920. The molecule has 0 bridgehead atoms. The van der Waals surface area contributed by atoms with Crippen molar-refractivity contribution in [1.29, 1.82) is 0 Å². The van der Waals surface area contributed by atoms with E-state index in [2.05, 4.69) is 4.72 Å². The summed E-state index contributed by atoms with van der Waals surface area (Å²) in [5.74, 6) is 0. The number of hydrogen-bond acceptors (Lipinski definition) is 3. The van der Waals surface area contributed by atoms with Crippen molar-refractivity contribution in [2.45, 2.75) is 11.4 Å². The van der Waals surface area contributed by atoms with E-state index in [-0.39, 0.29) is 11.4 Å². The van der Waals surface area contributed by atoms with Crippen LogP contribution in [0.1, 0.15) is 5.56 Å². The van der Waals surface area contributed by atoms with Gasteiger partial charge in [-0.3, -0.25) is 0 Å². The van der Waals surface area contributed by atoms with E-state index in [1.165, 1.54) is 12.1 Å². The maximum Gasteiger partial charge on any atom is 0.240 e. The van der Waals surface area contributed by atoms with Gasteiger partial charge in [0.1, 0.15) is 0 Å². The first-order chi connectivity index (χ1) is 9.88. The van der Waals surface area contributed by atoms with Crippen LogP contribution in [0.2, 0.25) is 5.02 Å². The fourth-order valence-electron chi connectivity index (χ4n) is 1.79. The number of benzene rings is 2. The van der Waals surface area contributed by atoms with Crippen molar-refractivity contribution in [3.8, 4) is 0 Å². The van der Waals surface area contributed by atoms with Gasteiger partial charge in [-0.2, -0.15) is 0 Å². The average molecular weight is 325 g/mol. The van der Waals surface area contributed by atoms with Crippen LogP contribution in [0, 0.1) is 0 Å². The van der Waals surface area contributed by atoms with Crippen LogP contribution in [-0.2, 0) is 16.6 Å². The van der Waals surface area contributed by atoms with E-state index in [1.807, 2.05) is 43.3 Å². The predicted molar refractivity (Wildman–Crippen MR) is 86.2 cm³/mol. The van der Waals surface area contributed by atoms with Crippen molar-refractivity contribution < 1.29 is 8.42 Å². The van der Waals surface area contributed by atoms with Crippen molar-refractivity contribution in [1.82, 2.24) is 4.72 Å². The molecule has 0 spiro atoms. The minimum absolute atomic E-state index is 0.205. The van der Waals surface area contributed by atoms with Crippen molar-refractivity contribution in [3.05, 3.63) is 59.1 Å². The van der Waals surface area contributed by atoms with Crippen LogP contribution in [0.5, 0.6) is 0 Å². The molecule has 0 unspecified atom stereocenters. The second-order valence-corrected chi connectivity index (χ2v) is 7.04. The molecule has 2 aromatic carbocycles. The first-order valence-corrected chi connectivity index (χ1v) is 8.26. The molecule has 21 heavy (non-hydrogen) atoms. The predicted octanol–water partition coefficient (Wildman–Crippen LogP) is 2.88. The molecular weight excluding hydrogens is 308 g/mol. The monoisotopic (exact) mass is 324 g/mol. The maximum absolute atomic E-state index is 12.1. The van der Waals surface area contributed by atoms with Gasteiger partial charge >= 0.3 is 0 Å². The molecule has 1 N–H and O–H groups in total. The van der Waals surface area contributed by atoms with Crippen LogP contribution in [-0.4, -0.2) is 22.5 Å². The molecular formula is C15H17ClN2O2S. The fourth-order valence-corrected chi connectivity index (χ4v) is 2.93. The Bertz CT molecular complexity index is 695. The lowest BCUT2D eigenvalue weighted by Gasteiger charge is -2.13. The Morgan fingerprint density at radius 2 is 1.57 bits per heavy atom. The van der Waals surface area contributed by atoms with E-state index in [9.17, 15) is 8.42 Å². The minimum atomic E-state index is -3.52. The summed E-state index contributed by atoms with van der Waals surface area (Å²) in [4.78, 5) is 2.19. The summed E-state index contributed by atoms with van der Waals surface area (Å²) in [6, 6.07) is 13.8. The molecule has 4 nitrogen and oxygen atoms in total. The standard InChI is InChI=1S/C15H17ClN2O2S/c1-18(2)14-7-3-12(4-8-14)11-17-21(19,20)15-9-5-13(16)6-10-15/h3-10,17H,11H2,1-2H3. The van der Waals surface area contributed by atoms with Gasteiger partial charge in [-0.15, -0.1) is 0 Å². The van der Waals surface area contributed by atoms with E-state index in [0.717, 1.165) is 11.3 Å². The highest BCUT2D eigenvalue weighted by atomic mass is 35.5. The van der Waals surface area contributed by atoms with Crippen LogP contribution in [0.3, 0.4) is 0 Å². The zero-order valence-electron chi connectivity index (χ0n) is 11.9. The molecule has 0 fully saturated rings. The largest absolute Gasteiger partial charge is 0.378 e. The molecule has 0 aromatic heterocycles. The van der Waals surface area contributed by atoms with E-state index < -0.39 is 10.0 Å². The van der Waals surface area contributed by atoms with Gasteiger partial charge in [0.25, 0.3) is 0 Å². The normalized spacial score (nSPS) is 11.4. The van der Waals surface area contributed by atoms with Crippen LogP contribution < -0.4 is 9.62 Å². The number of rotatable bonds is 5. The number of nitrogens with zero attached hydrogens (tertiary/aromatic N) is 1. The summed E-state index contributed by atoms with van der Waals surface area (Å²) >= 11 is 5.76. The number of halogens is 1. The molecule has 0 amide bonds. The Hall–Kier alpha value is -1.56. The Labute approximate surface area is 130 Å². The summed E-state index contributed by atoms with van der Waals surface area (Å²) in [5.41, 5.74) is 1.97. The third-order valence-corrected chi connectivity index (χ3v) is 4.71. The topological polar surface area (TPSA) is 49.4 Å². The van der Waals surface area contributed by atoms with Gasteiger partial charge in [-0.05, 0) is 42.0 Å². The van der Waals surface area contributed by atoms with E-state index >= 15 is 0 Å². The molecule has 0 aliphatic carbocycles. The van der Waals surface area contributed by atoms with Gasteiger partial charge < -0.3 is 4.90 Å². The average Bonchev–Trinajstić information content (AvgIpc) is 2.46. The van der Waals surface area contributed by atoms with Crippen molar-refractivity contribution in [2.24, 2.45) is 0 Å². The van der Waals surface area contributed by atoms with Gasteiger partial charge in [0.05, 0.1) is 4.90 Å². The molecule has 0 aliphatic rings. The molecule has 0 aliphatic heterocycles. The Morgan fingerprint density at radius 3 is 2.10 bits per heavy atom. The molecule has 0 saturated heterocycles. The van der Waals surface area contributed by atoms with E-state index in [4.69, 9.17) is 11.6 Å².